The largest absolute Gasteiger partial charge is 0.494 e. The number of hydrogen-bond donors (Lipinski definition) is 2. The Labute approximate surface area is 156 Å². The monoisotopic (exact) mass is 364 g/mol. The van der Waals surface area contributed by atoms with Gasteiger partial charge in [0.2, 0.25) is 0 Å². The van der Waals surface area contributed by atoms with Crippen LogP contribution in [0, 0.1) is 0 Å². The second-order valence-corrected chi connectivity index (χ2v) is 5.77. The number of aromatic nitrogens is 2. The minimum Gasteiger partial charge on any atom is -0.494 e. The lowest BCUT2D eigenvalue weighted by atomic mass is 10.1. The normalized spacial score (nSPS) is 10.3. The first kappa shape index (κ1) is 18.2. The van der Waals surface area contributed by atoms with E-state index >= 15 is 0 Å². The standard InChI is InChI=1S/C20H20N4O3/c1-2-27-18-10-8-17(9-11-18)20(26)23-22-19(25)16-6-4-15(5-7-16)14-24-13-3-12-21-24/h3-13H,2,14H2,1H3,(H,22,25)(H,23,26). The Morgan fingerprint density at radius 3 is 2.07 bits per heavy atom. The average molecular weight is 364 g/mol. The van der Waals surface area contributed by atoms with Crippen molar-refractivity contribution in [1.29, 1.82) is 0 Å². The summed E-state index contributed by atoms with van der Waals surface area (Å²) in [5.74, 6) is -0.102. The maximum Gasteiger partial charge on any atom is 0.269 e. The van der Waals surface area contributed by atoms with E-state index in [0.717, 1.165) is 5.56 Å². The van der Waals surface area contributed by atoms with Crippen LogP contribution in [0.5, 0.6) is 5.75 Å². The summed E-state index contributed by atoms with van der Waals surface area (Å²) in [6, 6.07) is 15.7. The molecule has 2 N–H and O–H groups in total. The van der Waals surface area contributed by atoms with E-state index in [1.165, 1.54) is 0 Å². The van der Waals surface area contributed by atoms with Gasteiger partial charge in [-0.2, -0.15) is 5.10 Å². The minimum absolute atomic E-state index is 0.389. The van der Waals surface area contributed by atoms with Crippen molar-refractivity contribution < 1.29 is 14.3 Å². The predicted octanol–water partition coefficient (Wildman–Crippen LogP) is 2.40. The smallest absolute Gasteiger partial charge is 0.269 e. The molecular formula is C20H20N4O3. The van der Waals surface area contributed by atoms with E-state index in [2.05, 4.69) is 16.0 Å². The number of amides is 2. The Morgan fingerprint density at radius 1 is 0.963 bits per heavy atom. The lowest BCUT2D eigenvalue weighted by molar-refractivity contribution is 0.0846. The predicted molar refractivity (Wildman–Crippen MR) is 100 cm³/mol. The van der Waals surface area contributed by atoms with Crippen molar-refractivity contribution in [3.8, 4) is 5.75 Å². The molecule has 0 aliphatic heterocycles. The molecule has 0 bridgehead atoms. The lowest BCUT2D eigenvalue weighted by Crippen LogP contribution is -2.41. The van der Waals surface area contributed by atoms with E-state index in [1.54, 1.807) is 47.3 Å². The van der Waals surface area contributed by atoms with E-state index in [1.807, 2.05) is 31.3 Å². The summed E-state index contributed by atoms with van der Waals surface area (Å²) in [4.78, 5) is 24.3. The molecule has 0 radical (unpaired) electrons. The van der Waals surface area contributed by atoms with E-state index in [-0.39, 0.29) is 5.91 Å². The van der Waals surface area contributed by atoms with Gasteiger partial charge in [-0.3, -0.25) is 25.1 Å². The van der Waals surface area contributed by atoms with Crippen LogP contribution in [-0.4, -0.2) is 28.2 Å². The van der Waals surface area contributed by atoms with Crippen molar-refractivity contribution >= 4 is 11.8 Å². The van der Waals surface area contributed by atoms with Gasteiger partial charge in [0, 0.05) is 23.5 Å². The molecule has 0 aliphatic carbocycles. The molecule has 3 aromatic rings. The lowest BCUT2D eigenvalue weighted by Gasteiger charge is -2.09. The summed E-state index contributed by atoms with van der Waals surface area (Å²) in [6.07, 6.45) is 3.59. The SMILES string of the molecule is CCOc1ccc(C(=O)NNC(=O)c2ccc(Cn3cccn3)cc2)cc1. The zero-order chi connectivity index (χ0) is 19.1. The van der Waals surface area contributed by atoms with Crippen LogP contribution in [0.1, 0.15) is 33.2 Å². The van der Waals surface area contributed by atoms with Gasteiger partial charge in [0.05, 0.1) is 13.2 Å². The van der Waals surface area contributed by atoms with Crippen LogP contribution in [0.25, 0.3) is 0 Å². The van der Waals surface area contributed by atoms with Crippen molar-refractivity contribution in [1.82, 2.24) is 20.6 Å². The second kappa shape index (κ2) is 8.66. The maximum absolute atomic E-state index is 12.2. The Bertz CT molecular complexity index is 888. The number of carbonyl (C=O) groups is 2. The van der Waals surface area contributed by atoms with Crippen molar-refractivity contribution in [2.24, 2.45) is 0 Å². The van der Waals surface area contributed by atoms with Crippen LogP contribution in [0.15, 0.2) is 67.0 Å². The molecule has 0 spiro atoms. The summed E-state index contributed by atoms with van der Waals surface area (Å²) < 4.78 is 7.13. The minimum atomic E-state index is -0.401. The van der Waals surface area contributed by atoms with Crippen LogP contribution >= 0.6 is 0 Å². The number of nitrogens with one attached hydrogen (secondary N) is 2. The van der Waals surface area contributed by atoms with E-state index in [0.29, 0.717) is 30.0 Å². The highest BCUT2D eigenvalue weighted by molar-refractivity contribution is 5.99. The third-order valence-corrected chi connectivity index (χ3v) is 3.84. The molecule has 7 nitrogen and oxygen atoms in total. The first-order chi connectivity index (χ1) is 13.2. The number of carbonyl (C=O) groups excluding carboxylic acids is 2. The van der Waals surface area contributed by atoms with E-state index < -0.39 is 5.91 Å². The van der Waals surface area contributed by atoms with Crippen LogP contribution in [-0.2, 0) is 6.54 Å². The number of ether oxygens (including phenoxy) is 1. The van der Waals surface area contributed by atoms with Gasteiger partial charge in [-0.15, -0.1) is 0 Å². The fourth-order valence-corrected chi connectivity index (χ4v) is 2.47. The molecule has 0 saturated heterocycles. The average Bonchev–Trinajstić information content (AvgIpc) is 3.20. The van der Waals surface area contributed by atoms with Crippen LogP contribution < -0.4 is 15.6 Å². The molecule has 0 aliphatic rings. The number of rotatable bonds is 6. The Kier molecular flexibility index (Phi) is 5.84. The molecule has 0 atom stereocenters. The molecule has 2 aromatic carbocycles. The molecule has 0 unspecified atom stereocenters. The number of nitrogens with zero attached hydrogens (tertiary/aromatic N) is 2. The number of benzene rings is 2. The maximum atomic E-state index is 12.2. The number of hydrazine groups is 1. The van der Waals surface area contributed by atoms with Gasteiger partial charge in [0.1, 0.15) is 5.75 Å². The van der Waals surface area contributed by atoms with Gasteiger partial charge < -0.3 is 4.74 Å². The summed E-state index contributed by atoms with van der Waals surface area (Å²) >= 11 is 0. The molecule has 1 heterocycles. The highest BCUT2D eigenvalue weighted by atomic mass is 16.5. The van der Waals surface area contributed by atoms with Gasteiger partial charge in [0.15, 0.2) is 0 Å². The Balaban J connectivity index is 1.53. The van der Waals surface area contributed by atoms with Crippen molar-refractivity contribution in [3.05, 3.63) is 83.7 Å². The topological polar surface area (TPSA) is 85.3 Å². The highest BCUT2D eigenvalue weighted by Crippen LogP contribution is 2.12. The Morgan fingerprint density at radius 2 is 1.56 bits per heavy atom. The summed E-state index contributed by atoms with van der Waals surface area (Å²) in [5.41, 5.74) is 6.72. The third-order valence-electron chi connectivity index (χ3n) is 3.84. The fraction of sp³-hybridized carbons (Fsp3) is 0.150. The third kappa shape index (κ3) is 4.94. The van der Waals surface area contributed by atoms with Gasteiger partial charge in [-0.25, -0.2) is 0 Å². The van der Waals surface area contributed by atoms with Crippen LogP contribution in [0.4, 0.5) is 0 Å². The molecule has 27 heavy (non-hydrogen) atoms. The van der Waals surface area contributed by atoms with Crippen LogP contribution in [0.2, 0.25) is 0 Å². The quantitative estimate of drug-likeness (QED) is 0.658. The fourth-order valence-electron chi connectivity index (χ4n) is 2.47. The molecular weight excluding hydrogens is 344 g/mol. The van der Waals surface area contributed by atoms with Crippen molar-refractivity contribution in [2.45, 2.75) is 13.5 Å². The summed E-state index contributed by atoms with van der Waals surface area (Å²) in [7, 11) is 0. The van der Waals surface area contributed by atoms with Crippen molar-refractivity contribution in [3.63, 3.8) is 0 Å². The second-order valence-electron chi connectivity index (χ2n) is 5.77. The summed E-state index contributed by atoms with van der Waals surface area (Å²) in [6.45, 7) is 3.08. The molecule has 0 saturated carbocycles. The van der Waals surface area contributed by atoms with E-state index in [9.17, 15) is 9.59 Å². The molecule has 0 fully saturated rings. The Hall–Kier alpha value is -3.61. The zero-order valence-corrected chi connectivity index (χ0v) is 14.9. The van der Waals surface area contributed by atoms with E-state index in [4.69, 9.17) is 4.74 Å². The molecule has 138 valence electrons. The molecule has 2 amide bonds. The highest BCUT2D eigenvalue weighted by Gasteiger charge is 2.09. The zero-order valence-electron chi connectivity index (χ0n) is 14.9. The van der Waals surface area contributed by atoms with Gasteiger partial charge in [0.25, 0.3) is 11.8 Å². The summed E-state index contributed by atoms with van der Waals surface area (Å²) in [5, 5.41) is 4.14. The van der Waals surface area contributed by atoms with Gasteiger partial charge in [-0.05, 0) is 55.0 Å². The number of hydrogen-bond acceptors (Lipinski definition) is 4. The molecule has 1 aromatic heterocycles. The van der Waals surface area contributed by atoms with Crippen LogP contribution in [0.3, 0.4) is 0 Å². The first-order valence-corrected chi connectivity index (χ1v) is 8.55. The first-order valence-electron chi connectivity index (χ1n) is 8.55. The van der Waals surface area contributed by atoms with Gasteiger partial charge >= 0.3 is 0 Å². The molecule has 7 heteroatoms. The van der Waals surface area contributed by atoms with Crippen molar-refractivity contribution in [2.75, 3.05) is 6.61 Å². The van der Waals surface area contributed by atoms with Gasteiger partial charge in [-0.1, -0.05) is 12.1 Å². The molecule has 3 rings (SSSR count).